The second kappa shape index (κ2) is 16.3. The highest BCUT2D eigenvalue weighted by molar-refractivity contribution is 5.98. The summed E-state index contributed by atoms with van der Waals surface area (Å²) in [7, 11) is 0. The van der Waals surface area contributed by atoms with Crippen LogP contribution in [-0.2, 0) is 19.2 Å². The van der Waals surface area contributed by atoms with Gasteiger partial charge in [0.15, 0.2) is 11.9 Å². The van der Waals surface area contributed by atoms with Crippen LogP contribution >= 0.6 is 0 Å². The van der Waals surface area contributed by atoms with Gasteiger partial charge in [0, 0.05) is 37.3 Å². The predicted octanol–water partition coefficient (Wildman–Crippen LogP) is 2.94. The smallest absolute Gasteiger partial charge is 0.251 e. The summed E-state index contributed by atoms with van der Waals surface area (Å²) in [5, 5.41) is 19.7. The van der Waals surface area contributed by atoms with Crippen LogP contribution in [0.15, 0.2) is 18.6 Å². The summed E-state index contributed by atoms with van der Waals surface area (Å²) in [6.07, 6.45) is 13.3. The number of nitrogens with zero attached hydrogens (tertiary/aromatic N) is 3. The molecule has 4 aliphatic rings. The minimum atomic E-state index is -1.39. The molecule has 5 rings (SSSR count). The normalized spacial score (nSPS) is 25.1. The van der Waals surface area contributed by atoms with Crippen molar-refractivity contribution < 1.29 is 29.1 Å². The van der Waals surface area contributed by atoms with Gasteiger partial charge in [-0.1, -0.05) is 52.9 Å². The zero-order valence-electron chi connectivity index (χ0n) is 28.7. The predicted molar refractivity (Wildman–Crippen MR) is 178 cm³/mol. The molecule has 12 nitrogen and oxygen atoms in total. The number of amides is 4. The molecule has 3 saturated carbocycles. The van der Waals surface area contributed by atoms with Crippen LogP contribution in [0.25, 0.3) is 0 Å². The van der Waals surface area contributed by atoms with Gasteiger partial charge in [0.25, 0.3) is 5.91 Å². The number of aromatic nitrogens is 2. The van der Waals surface area contributed by atoms with Gasteiger partial charge in [-0.05, 0) is 68.6 Å². The molecule has 1 unspecified atom stereocenters. The summed E-state index contributed by atoms with van der Waals surface area (Å²) in [6.45, 7) is 6.10. The maximum atomic E-state index is 14.4. The van der Waals surface area contributed by atoms with Gasteiger partial charge in [0.05, 0.1) is 12.2 Å². The largest absolute Gasteiger partial charge is 0.381 e. The molecule has 264 valence electrons. The average molecular weight is 667 g/mol. The Balaban J connectivity index is 1.32. The second-order valence-electron chi connectivity index (χ2n) is 14.9. The van der Waals surface area contributed by atoms with Gasteiger partial charge in [-0.15, -0.1) is 0 Å². The number of carbonyl (C=O) groups is 5. The Morgan fingerprint density at radius 3 is 2.33 bits per heavy atom. The van der Waals surface area contributed by atoms with E-state index in [2.05, 4.69) is 25.9 Å². The molecule has 0 bridgehead atoms. The molecule has 0 spiro atoms. The number of fused-ring (bicyclic) bond motifs is 1. The average Bonchev–Trinajstić information content (AvgIpc) is 3.65. The molecule has 12 heteroatoms. The number of Topliss-reactive ketones (excluding diaryl/α,β-unsaturated/α-hetero) is 1. The van der Waals surface area contributed by atoms with E-state index in [4.69, 9.17) is 0 Å². The van der Waals surface area contributed by atoms with Gasteiger partial charge >= 0.3 is 0 Å². The Morgan fingerprint density at radius 2 is 1.69 bits per heavy atom. The lowest BCUT2D eigenvalue weighted by molar-refractivity contribution is -0.145. The zero-order valence-corrected chi connectivity index (χ0v) is 28.7. The number of hydrogen-bond acceptors (Lipinski definition) is 8. The lowest BCUT2D eigenvalue weighted by Crippen LogP contribution is -2.59. The van der Waals surface area contributed by atoms with Crippen molar-refractivity contribution in [2.75, 3.05) is 6.54 Å². The molecule has 1 aromatic rings. The Bertz CT molecular complexity index is 1300. The van der Waals surface area contributed by atoms with Gasteiger partial charge in [0.2, 0.25) is 17.7 Å². The first kappa shape index (κ1) is 35.9. The first-order valence-corrected chi connectivity index (χ1v) is 18.3. The van der Waals surface area contributed by atoms with E-state index in [1.54, 1.807) is 4.90 Å². The number of carbonyl (C=O) groups excluding carboxylic acids is 5. The summed E-state index contributed by atoms with van der Waals surface area (Å²) in [5.41, 5.74) is 0.219. The number of rotatable bonds is 15. The van der Waals surface area contributed by atoms with E-state index in [0.29, 0.717) is 19.4 Å². The van der Waals surface area contributed by atoms with E-state index in [-0.39, 0.29) is 65.3 Å². The van der Waals surface area contributed by atoms with Crippen LogP contribution < -0.4 is 16.0 Å². The number of nitrogens with one attached hydrogen (secondary N) is 3. The summed E-state index contributed by atoms with van der Waals surface area (Å²) in [4.78, 5) is 78.3. The van der Waals surface area contributed by atoms with E-state index in [9.17, 15) is 29.1 Å². The molecule has 0 radical (unpaired) electrons. The first-order chi connectivity index (χ1) is 23.1. The highest BCUT2D eigenvalue weighted by Crippen LogP contribution is 2.43. The third-order valence-corrected chi connectivity index (χ3v) is 11.0. The lowest BCUT2D eigenvalue weighted by atomic mass is 9.77. The molecule has 7 atom stereocenters. The number of aliphatic hydroxyl groups excluding tert-OH is 1. The lowest BCUT2D eigenvalue weighted by Gasteiger charge is -2.35. The molecule has 4 N–H and O–H groups in total. The molecule has 1 saturated heterocycles. The van der Waals surface area contributed by atoms with E-state index in [1.165, 1.54) is 18.6 Å². The summed E-state index contributed by atoms with van der Waals surface area (Å²) in [5.74, 6) is -2.45. The van der Waals surface area contributed by atoms with Crippen molar-refractivity contribution in [2.45, 2.75) is 135 Å². The fraction of sp³-hybridized carbons (Fsp3) is 0.750. The Kier molecular flexibility index (Phi) is 12.2. The molecule has 2 heterocycles. The van der Waals surface area contributed by atoms with Gasteiger partial charge in [-0.3, -0.25) is 29.0 Å². The third kappa shape index (κ3) is 8.59. The van der Waals surface area contributed by atoms with Gasteiger partial charge in [-0.25, -0.2) is 4.98 Å². The fourth-order valence-corrected chi connectivity index (χ4v) is 8.16. The monoisotopic (exact) mass is 666 g/mol. The Labute approximate surface area is 284 Å². The maximum absolute atomic E-state index is 14.4. The van der Waals surface area contributed by atoms with Gasteiger partial charge in [-0.2, -0.15) is 0 Å². The third-order valence-electron chi connectivity index (χ3n) is 11.0. The van der Waals surface area contributed by atoms with Crippen molar-refractivity contribution in [3.63, 3.8) is 0 Å². The SMILES string of the molecule is CCC[C@H](NC(=O)[C@@H]1[C@H]2CCC[C@H]2CN1C(=O)[C@@H](NC(=O)[C@@H](CC(=O)c1cnccn1)C1CCCCC1)C(C)C)C(O)C(=O)NC1CC1. The number of likely N-dealkylation sites (tertiary alicyclic amines) is 1. The van der Waals surface area contributed by atoms with E-state index >= 15 is 0 Å². The van der Waals surface area contributed by atoms with Crippen LogP contribution in [0.1, 0.15) is 115 Å². The van der Waals surface area contributed by atoms with Crippen LogP contribution in [0.3, 0.4) is 0 Å². The highest BCUT2D eigenvalue weighted by Gasteiger charge is 2.51. The highest BCUT2D eigenvalue weighted by atomic mass is 16.3. The standard InChI is InChI=1S/C36H54N6O6/c1-4-9-27(32(44)35(47)39-24-14-15-24)40-34(46)31-25-13-8-12-23(25)20-42(31)36(48)30(21(2)3)41-33(45)26(22-10-6-5-7-11-22)18-29(43)28-19-37-16-17-38-28/h16-17,19,21-27,30-32,44H,4-15,18,20H2,1-3H3,(H,39,47)(H,40,46)(H,41,45)/t23-,25-,26-,27-,30-,31-,32?/m0/s1. The van der Waals surface area contributed by atoms with E-state index in [0.717, 1.165) is 64.2 Å². The van der Waals surface area contributed by atoms with E-state index in [1.807, 2.05) is 20.8 Å². The van der Waals surface area contributed by atoms with Gasteiger partial charge in [0.1, 0.15) is 17.8 Å². The fourth-order valence-electron chi connectivity index (χ4n) is 8.16. The topological polar surface area (TPSA) is 171 Å². The van der Waals surface area contributed by atoms with Crippen molar-refractivity contribution in [3.05, 3.63) is 24.3 Å². The van der Waals surface area contributed by atoms with Crippen LogP contribution in [0, 0.1) is 29.6 Å². The molecule has 3 aliphatic carbocycles. The second-order valence-corrected chi connectivity index (χ2v) is 14.9. The quantitative estimate of drug-likeness (QED) is 0.207. The first-order valence-electron chi connectivity index (χ1n) is 18.3. The van der Waals surface area contributed by atoms with Crippen molar-refractivity contribution in [1.82, 2.24) is 30.8 Å². The molecule has 1 aromatic heterocycles. The molecule has 0 aromatic carbocycles. The molecule has 4 fully saturated rings. The van der Waals surface area contributed by atoms with Crippen molar-refractivity contribution >= 4 is 29.4 Å². The molecular formula is C36H54N6O6. The maximum Gasteiger partial charge on any atom is 0.251 e. The molecule has 4 amide bonds. The number of aliphatic hydroxyl groups is 1. The zero-order chi connectivity index (χ0) is 34.4. The van der Waals surface area contributed by atoms with Crippen LogP contribution in [0.4, 0.5) is 0 Å². The number of hydrogen-bond donors (Lipinski definition) is 4. The summed E-state index contributed by atoms with van der Waals surface area (Å²) in [6, 6.07) is -2.33. The summed E-state index contributed by atoms with van der Waals surface area (Å²) < 4.78 is 0. The minimum Gasteiger partial charge on any atom is -0.381 e. The Morgan fingerprint density at radius 1 is 0.938 bits per heavy atom. The van der Waals surface area contributed by atoms with Crippen molar-refractivity contribution in [1.29, 1.82) is 0 Å². The van der Waals surface area contributed by atoms with Crippen LogP contribution in [0.5, 0.6) is 0 Å². The summed E-state index contributed by atoms with van der Waals surface area (Å²) >= 11 is 0. The van der Waals surface area contributed by atoms with Crippen LogP contribution in [-0.4, -0.2) is 86.2 Å². The van der Waals surface area contributed by atoms with Gasteiger partial charge < -0.3 is 26.0 Å². The molecule has 48 heavy (non-hydrogen) atoms. The Hall–Kier alpha value is -3.41. The molecule has 1 aliphatic heterocycles. The van der Waals surface area contributed by atoms with E-state index < -0.39 is 36.1 Å². The minimum absolute atomic E-state index is 0.0113. The number of ketones is 1. The van der Waals surface area contributed by atoms with Crippen molar-refractivity contribution in [3.8, 4) is 0 Å². The molecular weight excluding hydrogens is 612 g/mol. The van der Waals surface area contributed by atoms with Crippen molar-refractivity contribution in [2.24, 2.45) is 29.6 Å². The van der Waals surface area contributed by atoms with Crippen LogP contribution in [0.2, 0.25) is 0 Å².